The Bertz CT molecular complexity index is 2420. The molecule has 13 nitrogen and oxygen atoms in total. The molecule has 3 heterocycles. The molecule has 7 rings (SSSR count). The van der Waals surface area contributed by atoms with E-state index in [0.717, 1.165) is 29.9 Å². The van der Waals surface area contributed by atoms with Crippen LogP contribution in [0.25, 0.3) is 16.5 Å². The third kappa shape index (κ3) is 9.14. The van der Waals surface area contributed by atoms with Crippen LogP contribution in [0.5, 0.6) is 11.6 Å². The highest BCUT2D eigenvalue weighted by atomic mass is 19.4. The van der Waals surface area contributed by atoms with Gasteiger partial charge in [0.25, 0.3) is 5.91 Å². The maximum atomic E-state index is 14.4. The first-order valence-electron chi connectivity index (χ1n) is 18.0. The van der Waals surface area contributed by atoms with Crippen LogP contribution in [0.4, 0.5) is 49.9 Å². The number of alkyl halides is 5. The van der Waals surface area contributed by atoms with E-state index in [1.807, 2.05) is 0 Å². The number of hydrogen-bond donors (Lipinski definition) is 4. The minimum atomic E-state index is -5.92. The highest BCUT2D eigenvalue weighted by molar-refractivity contribution is 6.07. The van der Waals surface area contributed by atoms with Crippen molar-refractivity contribution in [2.75, 3.05) is 55.3 Å². The van der Waals surface area contributed by atoms with Crippen LogP contribution >= 0.6 is 0 Å². The number of carbonyl (C=O) groups excluding carboxylic acids is 2. The lowest BCUT2D eigenvalue weighted by atomic mass is 10.1. The molecule has 0 spiro atoms. The average molecular weight is 802 g/mol. The Morgan fingerprint density at radius 1 is 0.862 bits per heavy atom. The summed E-state index contributed by atoms with van der Waals surface area (Å²) in [6, 6.07) is 24.2. The van der Waals surface area contributed by atoms with Gasteiger partial charge in [-0.25, -0.2) is 14.5 Å². The Morgan fingerprint density at radius 2 is 1.62 bits per heavy atom. The number of nitrogens with zero attached hydrogens (tertiary/aromatic N) is 5. The second-order valence-electron chi connectivity index (χ2n) is 13.2. The third-order valence-corrected chi connectivity index (χ3v) is 9.08. The summed E-state index contributed by atoms with van der Waals surface area (Å²) in [5, 5.41) is 15.6. The summed E-state index contributed by atoms with van der Waals surface area (Å²) < 4.78 is 80.8. The predicted molar refractivity (Wildman–Crippen MR) is 206 cm³/mol. The van der Waals surface area contributed by atoms with Crippen molar-refractivity contribution in [1.29, 1.82) is 0 Å². The molecule has 3 amide bonds. The van der Waals surface area contributed by atoms with Gasteiger partial charge in [-0.3, -0.25) is 15.0 Å². The SMILES string of the molecule is Cc1ccc(-n2nc(C(F)(F)C(F)(F)F)cc2NC(=O)Nc2ccc(Oc3ccnc(Nc4cccc(C(=O)NCCN5CCOCC5)c4)n3)c3ccccc23)cc1. The minimum Gasteiger partial charge on any atom is -0.438 e. The van der Waals surface area contributed by atoms with Crippen LogP contribution in [-0.2, 0) is 10.7 Å². The number of halogens is 5. The molecule has 58 heavy (non-hydrogen) atoms. The van der Waals surface area contributed by atoms with Crippen molar-refractivity contribution in [3.05, 3.63) is 120 Å². The van der Waals surface area contributed by atoms with Crippen LogP contribution in [0.1, 0.15) is 21.6 Å². The predicted octanol–water partition coefficient (Wildman–Crippen LogP) is 8.02. The van der Waals surface area contributed by atoms with Gasteiger partial charge in [0.2, 0.25) is 11.8 Å². The molecular formula is C40H36F5N9O4. The number of ether oxygens (including phenoxy) is 2. The fourth-order valence-corrected chi connectivity index (χ4v) is 6.08. The number of carbonyl (C=O) groups is 2. The Morgan fingerprint density at radius 3 is 2.38 bits per heavy atom. The number of rotatable bonds is 12. The molecule has 2 aromatic heterocycles. The zero-order chi connectivity index (χ0) is 40.9. The maximum absolute atomic E-state index is 14.4. The number of nitrogens with one attached hydrogen (secondary N) is 4. The lowest BCUT2D eigenvalue weighted by molar-refractivity contribution is -0.291. The molecule has 4 aromatic carbocycles. The van der Waals surface area contributed by atoms with Crippen LogP contribution in [0.3, 0.4) is 0 Å². The molecule has 1 aliphatic rings. The van der Waals surface area contributed by atoms with Crippen LogP contribution < -0.4 is 26.0 Å². The summed E-state index contributed by atoms with van der Waals surface area (Å²) in [4.78, 5) is 37.1. The van der Waals surface area contributed by atoms with Crippen LogP contribution in [0.15, 0.2) is 103 Å². The normalized spacial score (nSPS) is 13.6. The second kappa shape index (κ2) is 16.8. The van der Waals surface area contributed by atoms with Gasteiger partial charge in [0.05, 0.1) is 24.6 Å². The molecule has 4 N–H and O–H groups in total. The van der Waals surface area contributed by atoms with Gasteiger partial charge in [-0.1, -0.05) is 48.0 Å². The lowest BCUT2D eigenvalue weighted by Gasteiger charge is -2.26. The van der Waals surface area contributed by atoms with E-state index in [2.05, 4.69) is 41.2 Å². The summed E-state index contributed by atoms with van der Waals surface area (Å²) in [5.41, 5.74) is 0.670. The van der Waals surface area contributed by atoms with Gasteiger partial charge in [0.15, 0.2) is 0 Å². The number of amides is 3. The molecule has 1 aliphatic heterocycles. The number of fused-ring (bicyclic) bond motifs is 1. The highest BCUT2D eigenvalue weighted by Gasteiger charge is 2.60. The monoisotopic (exact) mass is 801 g/mol. The zero-order valence-electron chi connectivity index (χ0n) is 30.8. The van der Waals surface area contributed by atoms with Crippen molar-refractivity contribution in [3.8, 4) is 17.3 Å². The molecule has 1 saturated heterocycles. The molecule has 0 bridgehead atoms. The van der Waals surface area contributed by atoms with E-state index in [-0.39, 0.29) is 29.1 Å². The molecule has 0 saturated carbocycles. The maximum Gasteiger partial charge on any atom is 0.459 e. The van der Waals surface area contributed by atoms with Gasteiger partial charge in [0, 0.05) is 66.5 Å². The number of hydrogen-bond acceptors (Lipinski definition) is 9. The fourth-order valence-electron chi connectivity index (χ4n) is 6.08. The standard InChI is InChI=1S/C40H36F5N9O4/c1-25-9-11-28(12-10-25)54-34(24-33(52-54)39(41,42)40(43,44)45)50-38(56)49-31-13-14-32(30-8-3-2-7-29(30)31)58-35-15-16-47-37(51-35)48-27-6-4-5-26(23-27)36(55)46-17-18-53-19-21-57-22-20-53/h2-16,23-24H,17-22H2,1H3,(H,46,55)(H,47,48,51)(H2,49,50,56). The smallest absolute Gasteiger partial charge is 0.438 e. The second-order valence-corrected chi connectivity index (χ2v) is 13.2. The topological polar surface area (TPSA) is 148 Å². The Hall–Kier alpha value is -6.66. The van der Waals surface area contributed by atoms with Crippen molar-refractivity contribution < 1.29 is 41.0 Å². The third-order valence-electron chi connectivity index (χ3n) is 9.08. The van der Waals surface area contributed by atoms with Crippen molar-refractivity contribution in [2.24, 2.45) is 0 Å². The molecular weight excluding hydrogens is 765 g/mol. The first kappa shape index (κ1) is 39.6. The van der Waals surface area contributed by atoms with E-state index in [9.17, 15) is 31.5 Å². The summed E-state index contributed by atoms with van der Waals surface area (Å²) in [6.07, 6.45) is -4.42. The van der Waals surface area contributed by atoms with E-state index in [4.69, 9.17) is 9.47 Å². The van der Waals surface area contributed by atoms with Gasteiger partial charge in [-0.15, -0.1) is 0 Å². The quantitative estimate of drug-likeness (QED) is 0.0904. The first-order chi connectivity index (χ1) is 27.8. The molecule has 300 valence electrons. The Balaban J connectivity index is 1.04. The number of aryl methyl sites for hydroxylation is 1. The van der Waals surface area contributed by atoms with Gasteiger partial charge in [0.1, 0.15) is 17.3 Å². The van der Waals surface area contributed by atoms with E-state index in [1.165, 1.54) is 24.4 Å². The molecule has 1 fully saturated rings. The highest BCUT2D eigenvalue weighted by Crippen LogP contribution is 2.44. The largest absolute Gasteiger partial charge is 0.459 e. The van der Waals surface area contributed by atoms with Crippen LogP contribution in [0, 0.1) is 6.92 Å². The molecule has 18 heteroatoms. The molecule has 0 unspecified atom stereocenters. The van der Waals surface area contributed by atoms with Gasteiger partial charge < -0.3 is 25.4 Å². The van der Waals surface area contributed by atoms with Crippen molar-refractivity contribution in [3.63, 3.8) is 0 Å². The summed E-state index contributed by atoms with van der Waals surface area (Å²) >= 11 is 0. The summed E-state index contributed by atoms with van der Waals surface area (Å²) in [6.45, 7) is 6.02. The van der Waals surface area contributed by atoms with E-state index in [0.29, 0.717) is 53.6 Å². The van der Waals surface area contributed by atoms with Crippen molar-refractivity contribution >= 4 is 45.9 Å². The van der Waals surface area contributed by atoms with Crippen molar-refractivity contribution in [2.45, 2.75) is 19.0 Å². The number of urea groups is 1. The first-order valence-corrected chi connectivity index (χ1v) is 18.0. The Labute approximate surface area is 328 Å². The Kier molecular flexibility index (Phi) is 11.5. The molecule has 0 atom stereocenters. The minimum absolute atomic E-state index is 0.145. The van der Waals surface area contributed by atoms with Crippen molar-refractivity contribution in [1.82, 2.24) is 30.0 Å². The lowest BCUT2D eigenvalue weighted by Crippen LogP contribution is -2.41. The van der Waals surface area contributed by atoms with Crippen LogP contribution in [-0.4, -0.2) is 82.2 Å². The van der Waals surface area contributed by atoms with Gasteiger partial charge in [-0.2, -0.15) is 32.0 Å². The fraction of sp³-hybridized carbons (Fsp3) is 0.225. The van der Waals surface area contributed by atoms with E-state index in [1.54, 1.807) is 79.7 Å². The summed E-state index contributed by atoms with van der Waals surface area (Å²) in [7, 11) is 0. The number of benzene rings is 4. The van der Waals surface area contributed by atoms with E-state index >= 15 is 0 Å². The van der Waals surface area contributed by atoms with Gasteiger partial charge >= 0.3 is 18.1 Å². The number of morpholine rings is 1. The molecule has 0 aliphatic carbocycles. The average Bonchev–Trinajstić information content (AvgIpc) is 3.63. The zero-order valence-corrected chi connectivity index (χ0v) is 30.8. The van der Waals surface area contributed by atoms with Gasteiger partial charge in [-0.05, 0) is 49.4 Å². The van der Waals surface area contributed by atoms with Crippen LogP contribution in [0.2, 0.25) is 0 Å². The van der Waals surface area contributed by atoms with E-state index < -0.39 is 29.6 Å². The number of aromatic nitrogens is 4. The number of anilines is 4. The summed E-state index contributed by atoms with van der Waals surface area (Å²) in [5.74, 6) is -5.19. The molecule has 0 radical (unpaired) electrons. The molecule has 6 aromatic rings.